The number of nitrogens with one attached hydrogen (secondary N) is 1. The molecule has 1 heterocycles. The maximum atomic E-state index is 11.8. The van der Waals surface area contributed by atoms with Crippen LogP contribution in [0.25, 0.3) is 0 Å². The molecule has 7 nitrogen and oxygen atoms in total. The third-order valence-electron chi connectivity index (χ3n) is 4.79. The van der Waals surface area contributed by atoms with Crippen LogP contribution in [0.5, 0.6) is 0 Å². The highest BCUT2D eigenvalue weighted by Crippen LogP contribution is 2.39. The molecule has 0 atom stereocenters. The Bertz CT molecular complexity index is 779. The number of alkyl halides is 1. The van der Waals surface area contributed by atoms with E-state index < -0.39 is 6.09 Å². The molecule has 144 valence electrons. The first kappa shape index (κ1) is 19.4. The first-order chi connectivity index (χ1) is 12.9. The number of aromatic nitrogens is 2. The first-order valence-corrected chi connectivity index (χ1v) is 9.72. The van der Waals surface area contributed by atoms with Gasteiger partial charge < -0.3 is 15.3 Å². The van der Waals surface area contributed by atoms with Crippen molar-refractivity contribution in [2.75, 3.05) is 29.2 Å². The van der Waals surface area contributed by atoms with Crippen LogP contribution in [0.15, 0.2) is 42.6 Å². The molecule has 0 saturated heterocycles. The van der Waals surface area contributed by atoms with Crippen LogP contribution < -0.4 is 15.1 Å². The summed E-state index contributed by atoms with van der Waals surface area (Å²) in [7, 11) is 3.87. The summed E-state index contributed by atoms with van der Waals surface area (Å²) in [5, 5.41) is 13.1. The SMILES string of the molecule is CN(C)c1ccnc(N[C@]2(Br)CC[C@H](N(C(=O)O)c3ccccc3)CC2)n1. The number of hydrogen-bond acceptors (Lipinski definition) is 5. The summed E-state index contributed by atoms with van der Waals surface area (Å²) < 4.78 is -0.338. The molecule has 0 spiro atoms. The molecule has 3 rings (SSSR count). The summed E-state index contributed by atoms with van der Waals surface area (Å²) in [4.78, 5) is 24.1. The molecule has 0 radical (unpaired) electrons. The zero-order valence-corrected chi connectivity index (χ0v) is 17.1. The van der Waals surface area contributed by atoms with Crippen LogP contribution >= 0.6 is 15.9 Å². The highest BCUT2D eigenvalue weighted by Gasteiger charge is 2.37. The van der Waals surface area contributed by atoms with Gasteiger partial charge in [-0.25, -0.2) is 9.78 Å². The highest BCUT2D eigenvalue weighted by atomic mass is 79.9. The maximum absolute atomic E-state index is 11.8. The summed E-state index contributed by atoms with van der Waals surface area (Å²) in [5.74, 6) is 1.40. The number of carbonyl (C=O) groups is 1. The molecule has 2 aromatic rings. The van der Waals surface area contributed by atoms with Crippen molar-refractivity contribution in [2.24, 2.45) is 0 Å². The minimum atomic E-state index is -0.914. The molecule has 0 bridgehead atoms. The third-order valence-corrected chi connectivity index (χ3v) is 5.78. The van der Waals surface area contributed by atoms with Crippen molar-refractivity contribution in [3.05, 3.63) is 42.6 Å². The fraction of sp³-hybridized carbons (Fsp3) is 0.421. The lowest BCUT2D eigenvalue weighted by atomic mass is 9.90. The first-order valence-electron chi connectivity index (χ1n) is 8.93. The Hall–Kier alpha value is -2.35. The average Bonchev–Trinajstić information content (AvgIpc) is 2.64. The van der Waals surface area contributed by atoms with E-state index >= 15 is 0 Å². The van der Waals surface area contributed by atoms with Crippen LogP contribution in [0.3, 0.4) is 0 Å². The molecule has 1 aromatic carbocycles. The summed E-state index contributed by atoms with van der Waals surface area (Å²) in [6, 6.07) is 11.1. The molecule has 1 fully saturated rings. The number of nitrogens with zero attached hydrogens (tertiary/aromatic N) is 4. The van der Waals surface area contributed by atoms with Crippen LogP contribution in [0, 0.1) is 0 Å². The lowest BCUT2D eigenvalue weighted by Crippen LogP contribution is -2.46. The van der Waals surface area contributed by atoms with Gasteiger partial charge in [0.25, 0.3) is 0 Å². The zero-order valence-electron chi connectivity index (χ0n) is 15.5. The van der Waals surface area contributed by atoms with Crippen molar-refractivity contribution in [2.45, 2.75) is 36.2 Å². The number of anilines is 3. The van der Waals surface area contributed by atoms with E-state index in [0.717, 1.165) is 31.5 Å². The Morgan fingerprint density at radius 2 is 1.89 bits per heavy atom. The Labute approximate surface area is 167 Å². The van der Waals surface area contributed by atoms with Crippen LogP contribution in [0.4, 0.5) is 22.2 Å². The number of rotatable bonds is 5. The van der Waals surface area contributed by atoms with Crippen molar-refractivity contribution in [1.82, 2.24) is 9.97 Å². The second kappa shape index (κ2) is 8.12. The fourth-order valence-corrected chi connectivity index (χ4v) is 4.00. The number of hydrogen-bond donors (Lipinski definition) is 2. The smallest absolute Gasteiger partial charge is 0.412 e. The zero-order chi connectivity index (χ0) is 19.4. The van der Waals surface area contributed by atoms with E-state index in [0.29, 0.717) is 11.6 Å². The van der Waals surface area contributed by atoms with E-state index in [1.54, 1.807) is 6.20 Å². The molecule has 1 aromatic heterocycles. The molecule has 8 heteroatoms. The number of amides is 1. The normalized spacial score (nSPS) is 22.1. The molecule has 2 N–H and O–H groups in total. The van der Waals surface area contributed by atoms with Crippen molar-refractivity contribution >= 4 is 39.5 Å². The third kappa shape index (κ3) is 4.68. The minimum absolute atomic E-state index is 0.0496. The van der Waals surface area contributed by atoms with E-state index in [1.165, 1.54) is 4.90 Å². The fourth-order valence-electron chi connectivity index (χ4n) is 3.37. The van der Waals surface area contributed by atoms with Gasteiger partial charge in [-0.1, -0.05) is 34.1 Å². The largest absolute Gasteiger partial charge is 0.465 e. The standard InChI is InChI=1S/C19H24BrN5O2/c1-24(2)16-10-13-21-17(22-16)23-19(20)11-8-15(9-12-19)25(18(26)27)14-6-4-3-5-7-14/h3-7,10,13,15H,8-9,11-12H2,1-2H3,(H,26,27)(H,21,22,23)/t15-,19+. The predicted octanol–water partition coefficient (Wildman–Crippen LogP) is 4.17. The molecular weight excluding hydrogens is 410 g/mol. The average molecular weight is 434 g/mol. The van der Waals surface area contributed by atoms with E-state index in [1.807, 2.05) is 55.4 Å². The monoisotopic (exact) mass is 433 g/mol. The molecule has 27 heavy (non-hydrogen) atoms. The number of halogens is 1. The molecule has 1 aliphatic rings. The number of carboxylic acid groups (broad SMARTS) is 1. The second-order valence-corrected chi connectivity index (χ2v) is 8.46. The van der Waals surface area contributed by atoms with Gasteiger partial charge >= 0.3 is 6.09 Å². The molecule has 1 saturated carbocycles. The number of benzene rings is 1. The van der Waals surface area contributed by atoms with E-state index in [-0.39, 0.29) is 10.5 Å². The quantitative estimate of drug-likeness (QED) is 0.543. The summed E-state index contributed by atoms with van der Waals surface area (Å²) >= 11 is 3.79. The van der Waals surface area contributed by atoms with Gasteiger partial charge in [-0.3, -0.25) is 4.90 Å². The second-order valence-electron chi connectivity index (χ2n) is 6.94. The van der Waals surface area contributed by atoms with Gasteiger partial charge in [0.1, 0.15) is 5.82 Å². The van der Waals surface area contributed by atoms with Gasteiger partial charge in [-0.15, -0.1) is 0 Å². The van der Waals surface area contributed by atoms with Crippen LogP contribution in [0.1, 0.15) is 25.7 Å². The summed E-state index contributed by atoms with van der Waals surface area (Å²) in [6.45, 7) is 0. The van der Waals surface area contributed by atoms with Crippen LogP contribution in [-0.2, 0) is 0 Å². The van der Waals surface area contributed by atoms with Gasteiger partial charge in [-0.05, 0) is 43.9 Å². The molecule has 1 amide bonds. The highest BCUT2D eigenvalue weighted by molar-refractivity contribution is 9.10. The van der Waals surface area contributed by atoms with Crippen molar-refractivity contribution in [3.63, 3.8) is 0 Å². The van der Waals surface area contributed by atoms with E-state index in [4.69, 9.17) is 0 Å². The maximum Gasteiger partial charge on any atom is 0.412 e. The van der Waals surface area contributed by atoms with Crippen LogP contribution in [0.2, 0.25) is 0 Å². The van der Waals surface area contributed by atoms with Gasteiger partial charge in [0, 0.05) is 32.0 Å². The molecule has 0 aliphatic heterocycles. The minimum Gasteiger partial charge on any atom is -0.465 e. The molecule has 1 aliphatic carbocycles. The van der Waals surface area contributed by atoms with Crippen molar-refractivity contribution in [3.8, 4) is 0 Å². The van der Waals surface area contributed by atoms with Gasteiger partial charge in [-0.2, -0.15) is 4.98 Å². The lowest BCUT2D eigenvalue weighted by Gasteiger charge is -2.40. The molecule has 0 unspecified atom stereocenters. The summed E-state index contributed by atoms with van der Waals surface area (Å²) in [6.07, 6.45) is 3.84. The Balaban J connectivity index is 1.68. The van der Waals surface area contributed by atoms with Crippen molar-refractivity contribution in [1.29, 1.82) is 0 Å². The topological polar surface area (TPSA) is 81.6 Å². The Morgan fingerprint density at radius 1 is 1.22 bits per heavy atom. The summed E-state index contributed by atoms with van der Waals surface area (Å²) in [5.41, 5.74) is 0.715. The van der Waals surface area contributed by atoms with Gasteiger partial charge in [0.2, 0.25) is 5.95 Å². The number of para-hydroxylation sites is 1. The van der Waals surface area contributed by atoms with Gasteiger partial charge in [0.05, 0.1) is 4.45 Å². The predicted molar refractivity (Wildman–Crippen MR) is 111 cm³/mol. The van der Waals surface area contributed by atoms with E-state index in [9.17, 15) is 9.90 Å². The Kier molecular flexibility index (Phi) is 5.84. The lowest BCUT2D eigenvalue weighted by molar-refractivity contribution is 0.195. The Morgan fingerprint density at radius 3 is 2.48 bits per heavy atom. The van der Waals surface area contributed by atoms with Gasteiger partial charge in [0.15, 0.2) is 0 Å². The molecular formula is C19H24BrN5O2. The van der Waals surface area contributed by atoms with Crippen LogP contribution in [-0.4, -0.2) is 45.8 Å². The van der Waals surface area contributed by atoms with Crippen molar-refractivity contribution < 1.29 is 9.90 Å². The van der Waals surface area contributed by atoms with E-state index in [2.05, 4.69) is 31.2 Å².